The Labute approximate surface area is 157 Å². The Morgan fingerprint density at radius 2 is 2.12 bits per heavy atom. The summed E-state index contributed by atoms with van der Waals surface area (Å²) >= 11 is 7.22. The molecule has 0 spiro atoms. The second kappa shape index (κ2) is 7.22. The Morgan fingerprint density at radius 3 is 3.00 bits per heavy atom. The quantitative estimate of drug-likeness (QED) is 0.671. The number of nitrogens with one attached hydrogen (secondary N) is 1. The predicted molar refractivity (Wildman–Crippen MR) is 96.1 cm³/mol. The van der Waals surface area contributed by atoms with Gasteiger partial charge in [-0.3, -0.25) is 4.79 Å². The Bertz CT molecular complexity index is 965. The Hall–Kier alpha value is -2.78. The summed E-state index contributed by atoms with van der Waals surface area (Å²) in [6, 6.07) is 12.4. The third-order valence-electron chi connectivity index (χ3n) is 3.48. The van der Waals surface area contributed by atoms with E-state index in [9.17, 15) is 4.79 Å². The van der Waals surface area contributed by atoms with Gasteiger partial charge in [0, 0.05) is 16.8 Å². The number of carbonyl (C=O) groups is 1. The first-order valence-electron chi connectivity index (χ1n) is 7.56. The molecule has 0 saturated carbocycles. The van der Waals surface area contributed by atoms with Gasteiger partial charge in [-0.1, -0.05) is 29.4 Å². The minimum Gasteiger partial charge on any atom is -0.454 e. The van der Waals surface area contributed by atoms with E-state index in [1.54, 1.807) is 36.4 Å². The standard InChI is InChI=1S/C16H12ClN5O3S/c17-10-2-1-3-12(6-10)22-16(19-20-21-22)26-8-15(23)18-11-4-5-13-14(7-11)25-9-24-13/h1-7H,8-9H2,(H,18,23). The second-order valence-electron chi connectivity index (χ2n) is 5.26. The number of tetrazole rings is 1. The minimum absolute atomic E-state index is 0.148. The summed E-state index contributed by atoms with van der Waals surface area (Å²) in [4.78, 5) is 12.2. The molecule has 0 unspecified atom stereocenters. The maximum atomic E-state index is 12.2. The number of rotatable bonds is 5. The van der Waals surface area contributed by atoms with E-state index < -0.39 is 0 Å². The van der Waals surface area contributed by atoms with Gasteiger partial charge < -0.3 is 14.8 Å². The van der Waals surface area contributed by atoms with Gasteiger partial charge in [0.25, 0.3) is 0 Å². The molecule has 26 heavy (non-hydrogen) atoms. The molecule has 0 aliphatic carbocycles. The molecule has 1 aromatic heterocycles. The number of hydrogen-bond acceptors (Lipinski definition) is 7. The van der Waals surface area contributed by atoms with Crippen LogP contribution in [0.15, 0.2) is 47.6 Å². The molecule has 0 fully saturated rings. The van der Waals surface area contributed by atoms with Crippen molar-refractivity contribution in [3.63, 3.8) is 0 Å². The molecule has 2 heterocycles. The van der Waals surface area contributed by atoms with Crippen molar-refractivity contribution in [3.05, 3.63) is 47.5 Å². The lowest BCUT2D eigenvalue weighted by Gasteiger charge is -2.07. The molecule has 4 rings (SSSR count). The first-order chi connectivity index (χ1) is 12.7. The number of benzene rings is 2. The van der Waals surface area contributed by atoms with E-state index >= 15 is 0 Å². The normalized spacial score (nSPS) is 12.2. The van der Waals surface area contributed by atoms with Crippen LogP contribution in [0.3, 0.4) is 0 Å². The van der Waals surface area contributed by atoms with Crippen molar-refractivity contribution >= 4 is 35.0 Å². The Morgan fingerprint density at radius 1 is 1.23 bits per heavy atom. The number of aromatic nitrogens is 4. The molecule has 0 bridgehead atoms. The molecule has 8 nitrogen and oxygen atoms in total. The number of ether oxygens (including phenoxy) is 2. The largest absolute Gasteiger partial charge is 0.454 e. The molecule has 0 atom stereocenters. The van der Waals surface area contributed by atoms with Crippen LogP contribution in [0.2, 0.25) is 5.02 Å². The number of carbonyl (C=O) groups excluding carboxylic acids is 1. The number of halogens is 1. The van der Waals surface area contributed by atoms with Gasteiger partial charge in [0.2, 0.25) is 17.9 Å². The summed E-state index contributed by atoms with van der Waals surface area (Å²) in [5.41, 5.74) is 1.36. The zero-order valence-electron chi connectivity index (χ0n) is 13.3. The van der Waals surface area contributed by atoms with E-state index in [0.29, 0.717) is 27.4 Å². The van der Waals surface area contributed by atoms with Crippen LogP contribution in [0, 0.1) is 0 Å². The zero-order chi connectivity index (χ0) is 17.9. The highest BCUT2D eigenvalue weighted by Gasteiger charge is 2.15. The van der Waals surface area contributed by atoms with Gasteiger partial charge in [0.05, 0.1) is 11.4 Å². The SMILES string of the molecule is O=C(CSc1nnnn1-c1cccc(Cl)c1)Nc1ccc2c(c1)OCO2. The lowest BCUT2D eigenvalue weighted by atomic mass is 10.3. The highest BCUT2D eigenvalue weighted by molar-refractivity contribution is 7.99. The maximum Gasteiger partial charge on any atom is 0.234 e. The Kier molecular flexibility index (Phi) is 4.63. The monoisotopic (exact) mass is 389 g/mol. The summed E-state index contributed by atoms with van der Waals surface area (Å²) in [7, 11) is 0. The van der Waals surface area contributed by atoms with Gasteiger partial charge in [0.15, 0.2) is 11.5 Å². The average Bonchev–Trinajstić information content (AvgIpc) is 3.28. The van der Waals surface area contributed by atoms with Crippen LogP contribution in [0.4, 0.5) is 5.69 Å². The van der Waals surface area contributed by atoms with Crippen LogP contribution >= 0.6 is 23.4 Å². The van der Waals surface area contributed by atoms with Crippen LogP contribution in [-0.4, -0.2) is 38.7 Å². The van der Waals surface area contributed by atoms with Crippen molar-refractivity contribution in [2.45, 2.75) is 5.16 Å². The number of nitrogens with zero attached hydrogens (tertiary/aromatic N) is 4. The molecular formula is C16H12ClN5O3S. The van der Waals surface area contributed by atoms with Crippen LogP contribution in [0.1, 0.15) is 0 Å². The van der Waals surface area contributed by atoms with Gasteiger partial charge in [-0.25, -0.2) is 0 Å². The number of hydrogen-bond donors (Lipinski definition) is 1. The topological polar surface area (TPSA) is 91.2 Å². The van der Waals surface area contributed by atoms with Gasteiger partial charge in [-0.15, -0.1) is 5.10 Å². The van der Waals surface area contributed by atoms with E-state index in [-0.39, 0.29) is 18.5 Å². The molecular weight excluding hydrogens is 378 g/mol. The van der Waals surface area contributed by atoms with Crippen molar-refractivity contribution in [1.29, 1.82) is 0 Å². The highest BCUT2D eigenvalue weighted by atomic mass is 35.5. The molecule has 1 N–H and O–H groups in total. The van der Waals surface area contributed by atoms with E-state index in [1.807, 2.05) is 6.07 Å². The smallest absolute Gasteiger partial charge is 0.234 e. The van der Waals surface area contributed by atoms with Crippen LogP contribution in [0.25, 0.3) is 5.69 Å². The van der Waals surface area contributed by atoms with Crippen molar-refractivity contribution in [3.8, 4) is 17.2 Å². The number of anilines is 1. The van der Waals surface area contributed by atoms with Crippen molar-refractivity contribution in [2.75, 3.05) is 17.9 Å². The molecule has 0 saturated heterocycles. The number of fused-ring (bicyclic) bond motifs is 1. The fourth-order valence-corrected chi connectivity index (χ4v) is 3.22. The number of amides is 1. The van der Waals surface area contributed by atoms with Gasteiger partial charge in [0.1, 0.15) is 0 Å². The summed E-state index contributed by atoms with van der Waals surface area (Å²) in [6.07, 6.45) is 0. The lowest BCUT2D eigenvalue weighted by molar-refractivity contribution is -0.113. The van der Waals surface area contributed by atoms with Crippen molar-refractivity contribution in [1.82, 2.24) is 20.2 Å². The molecule has 2 aromatic carbocycles. The molecule has 10 heteroatoms. The lowest BCUT2D eigenvalue weighted by Crippen LogP contribution is -2.14. The van der Waals surface area contributed by atoms with Gasteiger partial charge in [-0.05, 0) is 40.8 Å². The van der Waals surface area contributed by atoms with E-state index in [1.165, 1.54) is 16.4 Å². The number of thioether (sulfide) groups is 1. The van der Waals surface area contributed by atoms with Gasteiger partial charge >= 0.3 is 0 Å². The molecule has 1 aliphatic rings. The predicted octanol–water partition coefficient (Wildman–Crippen LogP) is 2.78. The highest BCUT2D eigenvalue weighted by Crippen LogP contribution is 2.34. The van der Waals surface area contributed by atoms with Crippen LogP contribution in [-0.2, 0) is 4.79 Å². The van der Waals surface area contributed by atoms with Crippen LogP contribution < -0.4 is 14.8 Å². The molecule has 3 aromatic rings. The van der Waals surface area contributed by atoms with E-state index in [0.717, 1.165) is 5.69 Å². The third-order valence-corrected chi connectivity index (χ3v) is 4.64. The Balaban J connectivity index is 1.40. The first kappa shape index (κ1) is 16.7. The van der Waals surface area contributed by atoms with Crippen molar-refractivity contribution in [2.24, 2.45) is 0 Å². The summed E-state index contributed by atoms with van der Waals surface area (Å²) in [5, 5.41) is 15.4. The van der Waals surface area contributed by atoms with E-state index in [2.05, 4.69) is 20.8 Å². The average molecular weight is 390 g/mol. The van der Waals surface area contributed by atoms with Crippen molar-refractivity contribution < 1.29 is 14.3 Å². The van der Waals surface area contributed by atoms with E-state index in [4.69, 9.17) is 21.1 Å². The summed E-state index contributed by atoms with van der Waals surface area (Å²) in [6.45, 7) is 0.189. The summed E-state index contributed by atoms with van der Waals surface area (Å²) < 4.78 is 12.1. The molecule has 1 aliphatic heterocycles. The molecule has 132 valence electrons. The third kappa shape index (κ3) is 3.58. The maximum absolute atomic E-state index is 12.2. The fourth-order valence-electron chi connectivity index (χ4n) is 2.34. The molecule has 1 amide bonds. The molecule has 0 radical (unpaired) electrons. The summed E-state index contributed by atoms with van der Waals surface area (Å²) in [5.74, 6) is 1.24. The van der Waals surface area contributed by atoms with Gasteiger partial charge in [-0.2, -0.15) is 4.68 Å². The fraction of sp³-hybridized carbons (Fsp3) is 0.125. The minimum atomic E-state index is -0.186. The zero-order valence-corrected chi connectivity index (χ0v) is 14.8. The second-order valence-corrected chi connectivity index (χ2v) is 6.64. The van der Waals surface area contributed by atoms with Crippen LogP contribution in [0.5, 0.6) is 11.5 Å². The first-order valence-corrected chi connectivity index (χ1v) is 8.92.